The van der Waals surface area contributed by atoms with Crippen LogP contribution in [0.15, 0.2) is 29.3 Å². The van der Waals surface area contributed by atoms with Gasteiger partial charge in [-0.1, -0.05) is 12.1 Å². The van der Waals surface area contributed by atoms with Gasteiger partial charge in [0.05, 0.1) is 12.6 Å². The molecule has 0 saturated heterocycles. The van der Waals surface area contributed by atoms with Crippen molar-refractivity contribution in [2.24, 2.45) is 22.2 Å². The molecule has 0 bridgehead atoms. The predicted octanol–water partition coefficient (Wildman–Crippen LogP) is -1.76. The number of nitrogens with one attached hydrogen (secondary N) is 3. The van der Waals surface area contributed by atoms with E-state index in [1.165, 1.54) is 23.9 Å². The van der Waals surface area contributed by atoms with E-state index in [0.29, 0.717) is 12.2 Å². The summed E-state index contributed by atoms with van der Waals surface area (Å²) < 4.78 is 0. The van der Waals surface area contributed by atoms with Gasteiger partial charge >= 0.3 is 5.97 Å². The number of phenolic OH excluding ortho intramolecular Hbond substituents is 1. The summed E-state index contributed by atoms with van der Waals surface area (Å²) in [5.74, 6) is -2.56. The number of benzene rings is 1. The van der Waals surface area contributed by atoms with E-state index in [1.54, 1.807) is 12.1 Å². The summed E-state index contributed by atoms with van der Waals surface area (Å²) in [7, 11) is 0. The van der Waals surface area contributed by atoms with Crippen molar-refractivity contribution in [2.75, 3.05) is 25.1 Å². The van der Waals surface area contributed by atoms with E-state index in [9.17, 15) is 29.4 Å². The summed E-state index contributed by atoms with van der Waals surface area (Å²) in [5, 5.41) is 26.0. The fraction of sp³-hybridized carbons (Fsp3) is 0.500. The molecule has 1 aromatic rings. The van der Waals surface area contributed by atoms with Crippen molar-refractivity contribution in [1.82, 2.24) is 16.0 Å². The van der Waals surface area contributed by atoms with Crippen LogP contribution in [0, 0.1) is 0 Å². The molecule has 0 heterocycles. The molecule has 0 saturated carbocycles. The van der Waals surface area contributed by atoms with Gasteiger partial charge in [-0.05, 0) is 55.4 Å². The monoisotopic (exact) mass is 525 g/mol. The smallest absolute Gasteiger partial charge is 0.326 e. The predicted molar refractivity (Wildman–Crippen MR) is 137 cm³/mol. The number of aliphatic imine (C=N–C) groups is 1. The summed E-state index contributed by atoms with van der Waals surface area (Å²) in [6, 6.07) is 3.13. The number of amides is 3. The Labute approximate surface area is 213 Å². The summed E-state index contributed by atoms with van der Waals surface area (Å²) in [6.07, 6.45) is 2.74. The van der Waals surface area contributed by atoms with E-state index >= 15 is 0 Å². The highest BCUT2D eigenvalue weighted by atomic mass is 32.2. The molecule has 0 aliphatic carbocycles. The number of hydrogen-bond donors (Lipinski definition) is 8. The average Bonchev–Trinajstić information content (AvgIpc) is 2.82. The van der Waals surface area contributed by atoms with Crippen LogP contribution in [0.25, 0.3) is 0 Å². The number of nitrogens with zero attached hydrogens (tertiary/aromatic N) is 1. The van der Waals surface area contributed by atoms with Gasteiger partial charge < -0.3 is 43.4 Å². The van der Waals surface area contributed by atoms with E-state index in [-0.39, 0.29) is 37.5 Å². The van der Waals surface area contributed by atoms with Crippen LogP contribution in [0.2, 0.25) is 0 Å². The van der Waals surface area contributed by atoms with Crippen LogP contribution < -0.4 is 33.2 Å². The molecule has 0 spiro atoms. The Morgan fingerprint density at radius 3 is 2.28 bits per heavy atom. The molecule has 0 aromatic heterocycles. The van der Waals surface area contributed by atoms with Crippen molar-refractivity contribution in [3.63, 3.8) is 0 Å². The summed E-state index contributed by atoms with van der Waals surface area (Å²) in [6.45, 7) is -0.251. The number of carboxylic acid groups (broad SMARTS) is 1. The van der Waals surface area contributed by atoms with Crippen molar-refractivity contribution in [1.29, 1.82) is 0 Å². The first-order valence-corrected chi connectivity index (χ1v) is 12.6. The first kappa shape index (κ1) is 30.5. The first-order chi connectivity index (χ1) is 17.0. The average molecular weight is 526 g/mol. The van der Waals surface area contributed by atoms with Gasteiger partial charge in [0.25, 0.3) is 0 Å². The zero-order valence-electron chi connectivity index (χ0n) is 20.1. The fourth-order valence-corrected chi connectivity index (χ4v) is 3.53. The molecule has 0 radical (unpaired) electrons. The van der Waals surface area contributed by atoms with Gasteiger partial charge in [-0.2, -0.15) is 11.8 Å². The van der Waals surface area contributed by atoms with Crippen LogP contribution in [-0.2, 0) is 25.6 Å². The lowest BCUT2D eigenvalue weighted by atomic mass is 10.0. The van der Waals surface area contributed by atoms with E-state index in [2.05, 4.69) is 20.9 Å². The number of phenols is 1. The van der Waals surface area contributed by atoms with Crippen molar-refractivity contribution in [3.05, 3.63) is 29.8 Å². The molecule has 13 nitrogen and oxygen atoms in total. The molecule has 3 unspecified atom stereocenters. The molecule has 200 valence electrons. The lowest BCUT2D eigenvalue weighted by Gasteiger charge is -2.21. The van der Waals surface area contributed by atoms with Crippen molar-refractivity contribution in [2.45, 2.75) is 43.8 Å². The number of aromatic hydroxyl groups is 1. The molecule has 0 aliphatic heterocycles. The maximum Gasteiger partial charge on any atom is 0.326 e. The molecule has 1 rings (SSSR count). The van der Waals surface area contributed by atoms with Gasteiger partial charge in [-0.3, -0.25) is 19.4 Å². The highest BCUT2D eigenvalue weighted by molar-refractivity contribution is 7.98. The van der Waals surface area contributed by atoms with Crippen LogP contribution >= 0.6 is 11.8 Å². The van der Waals surface area contributed by atoms with Gasteiger partial charge in [-0.15, -0.1) is 0 Å². The number of guanidine groups is 1. The van der Waals surface area contributed by atoms with E-state index < -0.39 is 48.4 Å². The SMILES string of the molecule is CSCCC(NC(=O)CNC(=O)C(CCCN=C(N)N)NC(=O)C(N)Cc1ccc(O)cc1)C(=O)O. The second-order valence-corrected chi connectivity index (χ2v) is 8.93. The number of carboxylic acids is 1. The maximum atomic E-state index is 12.7. The molecule has 14 heteroatoms. The third-order valence-corrected chi connectivity index (χ3v) is 5.62. The Balaban J connectivity index is 2.74. The van der Waals surface area contributed by atoms with Crippen LogP contribution in [-0.4, -0.2) is 83.1 Å². The van der Waals surface area contributed by atoms with Gasteiger partial charge in [0, 0.05) is 6.54 Å². The quantitative estimate of drug-likeness (QED) is 0.0687. The minimum Gasteiger partial charge on any atom is -0.508 e. The number of carbonyl (C=O) groups excluding carboxylic acids is 3. The molecular formula is C22H35N7O6S. The van der Waals surface area contributed by atoms with Crippen molar-refractivity contribution < 1.29 is 29.4 Å². The third kappa shape index (κ3) is 12.3. The Kier molecular flexibility index (Phi) is 13.7. The van der Waals surface area contributed by atoms with Gasteiger partial charge in [0.1, 0.15) is 17.8 Å². The standard InChI is InChI=1S/C22H35N7O6S/c1-36-10-8-17(21(34)35)28-18(31)12-27-20(33)16(3-2-9-26-22(24)25)29-19(32)15(23)11-13-4-6-14(30)7-5-13/h4-7,15-17,30H,2-3,8-12,23H2,1H3,(H,27,33)(H,28,31)(H,29,32)(H,34,35)(H4,24,25,26). The topological polar surface area (TPSA) is 235 Å². The Morgan fingerprint density at radius 1 is 1.03 bits per heavy atom. The molecule has 11 N–H and O–H groups in total. The molecule has 1 aromatic carbocycles. The number of hydrogen-bond acceptors (Lipinski definition) is 8. The van der Waals surface area contributed by atoms with Crippen molar-refractivity contribution >= 4 is 41.4 Å². The maximum absolute atomic E-state index is 12.7. The third-order valence-electron chi connectivity index (χ3n) is 4.97. The summed E-state index contributed by atoms with van der Waals surface area (Å²) >= 11 is 1.45. The molecule has 36 heavy (non-hydrogen) atoms. The minimum atomic E-state index is -1.17. The molecule has 3 amide bonds. The highest BCUT2D eigenvalue weighted by Crippen LogP contribution is 2.11. The Bertz CT molecular complexity index is 909. The number of thioether (sulfide) groups is 1. The lowest BCUT2D eigenvalue weighted by Crippen LogP contribution is -2.53. The van der Waals surface area contributed by atoms with Crippen LogP contribution in [0.5, 0.6) is 5.75 Å². The second kappa shape index (κ2) is 16.2. The Morgan fingerprint density at radius 2 is 1.69 bits per heavy atom. The zero-order chi connectivity index (χ0) is 27.1. The fourth-order valence-electron chi connectivity index (χ4n) is 3.06. The van der Waals surface area contributed by atoms with Crippen LogP contribution in [0.4, 0.5) is 0 Å². The van der Waals surface area contributed by atoms with Crippen molar-refractivity contribution in [3.8, 4) is 5.75 Å². The van der Waals surface area contributed by atoms with E-state index in [4.69, 9.17) is 17.2 Å². The normalized spacial score (nSPS) is 13.1. The number of nitrogens with two attached hydrogens (primary N) is 3. The number of rotatable bonds is 16. The first-order valence-electron chi connectivity index (χ1n) is 11.2. The number of aliphatic carboxylic acids is 1. The molecule has 3 atom stereocenters. The molecule has 0 aliphatic rings. The largest absolute Gasteiger partial charge is 0.508 e. The summed E-state index contributed by atoms with van der Waals surface area (Å²) in [5.41, 5.74) is 17.3. The van der Waals surface area contributed by atoms with Crippen LogP contribution in [0.1, 0.15) is 24.8 Å². The molecular weight excluding hydrogens is 490 g/mol. The zero-order valence-corrected chi connectivity index (χ0v) is 20.9. The van der Waals surface area contributed by atoms with E-state index in [0.717, 1.165) is 5.56 Å². The van der Waals surface area contributed by atoms with Gasteiger partial charge in [0.2, 0.25) is 17.7 Å². The number of carbonyl (C=O) groups is 4. The second-order valence-electron chi connectivity index (χ2n) is 7.94. The molecule has 0 fully saturated rings. The lowest BCUT2D eigenvalue weighted by molar-refractivity contribution is -0.141. The summed E-state index contributed by atoms with van der Waals surface area (Å²) in [4.78, 5) is 52.7. The van der Waals surface area contributed by atoms with Gasteiger partial charge in [0.15, 0.2) is 5.96 Å². The van der Waals surface area contributed by atoms with Gasteiger partial charge in [-0.25, -0.2) is 4.79 Å². The Hall–Kier alpha value is -3.52. The van der Waals surface area contributed by atoms with E-state index in [1.807, 2.05) is 6.26 Å². The highest BCUT2D eigenvalue weighted by Gasteiger charge is 2.25. The van der Waals surface area contributed by atoms with Crippen LogP contribution in [0.3, 0.4) is 0 Å². The minimum absolute atomic E-state index is 0.0808.